The number of likely N-dealkylation sites (tertiary alicyclic amines) is 1. The van der Waals surface area contributed by atoms with E-state index in [-0.39, 0.29) is 11.8 Å². The smallest absolute Gasteiger partial charge is 0.313 e. The number of rotatable bonds is 6. The minimum atomic E-state index is -0.770. The molecule has 9 nitrogen and oxygen atoms in total. The summed E-state index contributed by atoms with van der Waals surface area (Å²) in [6.45, 7) is 1.59. The first-order chi connectivity index (χ1) is 15.0. The van der Waals surface area contributed by atoms with Gasteiger partial charge in [0.05, 0.1) is 19.9 Å². The summed E-state index contributed by atoms with van der Waals surface area (Å²) in [5.41, 5.74) is 0.999. The van der Waals surface area contributed by atoms with Gasteiger partial charge in [-0.05, 0) is 43.0 Å². The number of carbonyl (C=O) groups is 3. The third-order valence-corrected chi connectivity index (χ3v) is 5.24. The molecule has 0 aliphatic carbocycles. The Morgan fingerprint density at radius 3 is 2.39 bits per heavy atom. The van der Waals surface area contributed by atoms with Gasteiger partial charge in [0.25, 0.3) is 5.91 Å². The van der Waals surface area contributed by atoms with Crippen LogP contribution in [-0.2, 0) is 9.59 Å². The molecule has 1 aliphatic heterocycles. The number of benzene rings is 1. The second kappa shape index (κ2) is 10.4. The Kier molecular flexibility index (Phi) is 7.42. The first-order valence-corrected chi connectivity index (χ1v) is 10.0. The molecule has 164 valence electrons. The fourth-order valence-electron chi connectivity index (χ4n) is 3.42. The maximum absolute atomic E-state index is 12.5. The zero-order chi connectivity index (χ0) is 22.2. The van der Waals surface area contributed by atoms with Gasteiger partial charge in [-0.3, -0.25) is 19.4 Å². The molecule has 2 aromatic rings. The Bertz CT molecular complexity index is 927. The van der Waals surface area contributed by atoms with Crippen LogP contribution in [0.5, 0.6) is 11.5 Å². The molecule has 3 rings (SSSR count). The van der Waals surface area contributed by atoms with Crippen LogP contribution in [0.25, 0.3) is 0 Å². The number of piperidine rings is 1. The molecule has 9 heteroatoms. The number of hydrogen-bond donors (Lipinski definition) is 2. The van der Waals surface area contributed by atoms with Crippen molar-refractivity contribution in [1.29, 1.82) is 0 Å². The van der Waals surface area contributed by atoms with E-state index < -0.39 is 11.8 Å². The van der Waals surface area contributed by atoms with E-state index in [1.54, 1.807) is 47.6 Å². The maximum atomic E-state index is 12.5. The van der Waals surface area contributed by atoms with Crippen LogP contribution in [0.4, 0.5) is 5.69 Å². The van der Waals surface area contributed by atoms with Crippen molar-refractivity contribution in [3.05, 3.63) is 48.3 Å². The van der Waals surface area contributed by atoms with Gasteiger partial charge < -0.3 is 25.0 Å². The highest BCUT2D eigenvalue weighted by Gasteiger charge is 2.25. The van der Waals surface area contributed by atoms with Crippen molar-refractivity contribution in [3.63, 3.8) is 0 Å². The van der Waals surface area contributed by atoms with Gasteiger partial charge >= 0.3 is 11.8 Å². The van der Waals surface area contributed by atoms with E-state index in [0.717, 1.165) is 12.8 Å². The first kappa shape index (κ1) is 22.1. The van der Waals surface area contributed by atoms with Crippen molar-refractivity contribution in [2.75, 3.05) is 39.2 Å². The number of carbonyl (C=O) groups excluding carboxylic acids is 3. The SMILES string of the molecule is COc1ccc(NC(=O)C(=O)NCC2CCN(C(=O)c3ccncc3)CC2)c(OC)c1. The summed E-state index contributed by atoms with van der Waals surface area (Å²) in [6.07, 6.45) is 4.71. The molecule has 1 saturated heterocycles. The average Bonchev–Trinajstić information content (AvgIpc) is 2.83. The zero-order valence-corrected chi connectivity index (χ0v) is 17.6. The molecule has 0 bridgehead atoms. The number of methoxy groups -OCH3 is 2. The van der Waals surface area contributed by atoms with Crippen molar-refractivity contribution < 1.29 is 23.9 Å². The first-order valence-electron chi connectivity index (χ1n) is 10.0. The monoisotopic (exact) mass is 426 g/mol. The second-order valence-electron chi connectivity index (χ2n) is 7.20. The summed E-state index contributed by atoms with van der Waals surface area (Å²) < 4.78 is 10.3. The minimum absolute atomic E-state index is 0.0160. The lowest BCUT2D eigenvalue weighted by atomic mass is 9.96. The third kappa shape index (κ3) is 5.71. The normalized spacial score (nSPS) is 13.9. The zero-order valence-electron chi connectivity index (χ0n) is 17.6. The van der Waals surface area contributed by atoms with Gasteiger partial charge in [-0.1, -0.05) is 0 Å². The van der Waals surface area contributed by atoms with Crippen LogP contribution in [0.3, 0.4) is 0 Å². The molecule has 1 aromatic carbocycles. The summed E-state index contributed by atoms with van der Waals surface area (Å²) in [5.74, 6) is -0.326. The minimum Gasteiger partial charge on any atom is -0.497 e. The van der Waals surface area contributed by atoms with Gasteiger partial charge in [0.15, 0.2) is 0 Å². The highest BCUT2D eigenvalue weighted by Crippen LogP contribution is 2.29. The molecular weight excluding hydrogens is 400 g/mol. The number of amides is 3. The van der Waals surface area contributed by atoms with Crippen LogP contribution in [-0.4, -0.2) is 61.5 Å². The highest BCUT2D eigenvalue weighted by molar-refractivity contribution is 6.39. The Hall–Kier alpha value is -3.62. The van der Waals surface area contributed by atoms with Crippen LogP contribution in [0.15, 0.2) is 42.7 Å². The Morgan fingerprint density at radius 2 is 1.74 bits per heavy atom. The van der Waals surface area contributed by atoms with E-state index in [4.69, 9.17) is 9.47 Å². The van der Waals surface area contributed by atoms with E-state index in [0.29, 0.717) is 42.4 Å². The molecule has 0 spiro atoms. The molecule has 1 aromatic heterocycles. The maximum Gasteiger partial charge on any atom is 0.313 e. The molecule has 2 heterocycles. The van der Waals surface area contributed by atoms with Crippen molar-refractivity contribution in [2.45, 2.75) is 12.8 Å². The van der Waals surface area contributed by atoms with Gasteiger partial charge in [-0.25, -0.2) is 0 Å². The molecule has 1 fully saturated rings. The lowest BCUT2D eigenvalue weighted by molar-refractivity contribution is -0.136. The predicted octanol–water partition coefficient (Wildman–Crippen LogP) is 1.71. The largest absolute Gasteiger partial charge is 0.497 e. The van der Waals surface area contributed by atoms with Gasteiger partial charge in [-0.15, -0.1) is 0 Å². The quantitative estimate of drug-likeness (QED) is 0.681. The topological polar surface area (TPSA) is 110 Å². The van der Waals surface area contributed by atoms with Crippen molar-refractivity contribution in [2.24, 2.45) is 5.92 Å². The Balaban J connectivity index is 1.45. The number of aromatic nitrogens is 1. The van der Waals surface area contributed by atoms with E-state index in [1.165, 1.54) is 14.2 Å². The highest BCUT2D eigenvalue weighted by atomic mass is 16.5. The average molecular weight is 426 g/mol. The van der Waals surface area contributed by atoms with Gasteiger partial charge in [0.1, 0.15) is 11.5 Å². The van der Waals surface area contributed by atoms with E-state index in [1.807, 2.05) is 0 Å². The van der Waals surface area contributed by atoms with E-state index >= 15 is 0 Å². The van der Waals surface area contributed by atoms with Crippen LogP contribution >= 0.6 is 0 Å². The van der Waals surface area contributed by atoms with Crippen molar-refractivity contribution in [3.8, 4) is 11.5 Å². The van der Waals surface area contributed by atoms with Crippen LogP contribution < -0.4 is 20.1 Å². The molecule has 2 N–H and O–H groups in total. The molecule has 3 amide bonds. The molecule has 0 radical (unpaired) electrons. The number of anilines is 1. The summed E-state index contributed by atoms with van der Waals surface area (Å²) in [5, 5.41) is 5.23. The lowest BCUT2D eigenvalue weighted by Crippen LogP contribution is -2.43. The Morgan fingerprint density at radius 1 is 1.03 bits per heavy atom. The lowest BCUT2D eigenvalue weighted by Gasteiger charge is -2.32. The summed E-state index contributed by atoms with van der Waals surface area (Å²) in [7, 11) is 3.00. The molecule has 0 atom stereocenters. The second-order valence-corrected chi connectivity index (χ2v) is 7.20. The number of hydrogen-bond acceptors (Lipinski definition) is 6. The van der Waals surface area contributed by atoms with Crippen molar-refractivity contribution in [1.82, 2.24) is 15.2 Å². The molecule has 0 unspecified atom stereocenters. The third-order valence-electron chi connectivity index (χ3n) is 5.24. The molecule has 0 saturated carbocycles. The molecule has 31 heavy (non-hydrogen) atoms. The number of pyridine rings is 1. The predicted molar refractivity (Wildman–Crippen MR) is 114 cm³/mol. The summed E-state index contributed by atoms with van der Waals surface area (Å²) in [6, 6.07) is 8.29. The van der Waals surface area contributed by atoms with Crippen molar-refractivity contribution >= 4 is 23.4 Å². The Labute approximate surface area is 180 Å². The molecule has 1 aliphatic rings. The summed E-state index contributed by atoms with van der Waals surface area (Å²) in [4.78, 5) is 42.7. The molecular formula is C22H26N4O5. The fourth-order valence-corrected chi connectivity index (χ4v) is 3.42. The number of nitrogens with zero attached hydrogens (tertiary/aromatic N) is 2. The van der Waals surface area contributed by atoms with E-state index in [2.05, 4.69) is 15.6 Å². The van der Waals surface area contributed by atoms with Gasteiger partial charge in [-0.2, -0.15) is 0 Å². The standard InChI is InChI=1S/C22H26N4O5/c1-30-17-3-4-18(19(13-17)31-2)25-21(28)20(27)24-14-15-7-11-26(12-8-15)22(29)16-5-9-23-10-6-16/h3-6,9-10,13,15H,7-8,11-12,14H2,1-2H3,(H,24,27)(H,25,28). The van der Waals surface area contributed by atoms with Crippen LogP contribution in [0.2, 0.25) is 0 Å². The van der Waals surface area contributed by atoms with Crippen LogP contribution in [0, 0.1) is 5.92 Å². The van der Waals surface area contributed by atoms with Gasteiger partial charge in [0, 0.05) is 43.7 Å². The fraction of sp³-hybridized carbons (Fsp3) is 0.364. The van der Waals surface area contributed by atoms with Crippen LogP contribution in [0.1, 0.15) is 23.2 Å². The van der Waals surface area contributed by atoms with Gasteiger partial charge in [0.2, 0.25) is 0 Å². The number of nitrogens with one attached hydrogen (secondary N) is 2. The van der Waals surface area contributed by atoms with E-state index in [9.17, 15) is 14.4 Å². The summed E-state index contributed by atoms with van der Waals surface area (Å²) >= 11 is 0. The number of ether oxygens (including phenoxy) is 2.